The number of phenols is 1. The van der Waals surface area contributed by atoms with E-state index >= 15 is 0 Å². The number of likely N-dealkylation sites (tertiary alicyclic amines) is 2. The van der Waals surface area contributed by atoms with Crippen LogP contribution >= 0.6 is 0 Å². The number of benzene rings is 1. The normalized spacial score (nSPS) is 30.0. The molecule has 0 bridgehead atoms. The number of aromatic hydroxyl groups is 1. The van der Waals surface area contributed by atoms with E-state index < -0.39 is 5.60 Å². The molecular formula is C24H36N2O4. The molecule has 1 aliphatic carbocycles. The molecule has 1 amide bonds. The highest BCUT2D eigenvalue weighted by Gasteiger charge is 2.49. The number of rotatable bonds is 5. The second-order valence-electron chi connectivity index (χ2n) is 9.22. The van der Waals surface area contributed by atoms with Crippen molar-refractivity contribution in [3.05, 3.63) is 23.8 Å². The molecule has 0 unspecified atom stereocenters. The molecule has 2 aliphatic heterocycles. The average Bonchev–Trinajstić information content (AvgIpc) is 2.76. The SMILES string of the molecule is CCOc1cc([C@@H]2[C@H]3CCCC[C@]3(O)CCN2CC(=O)N2CCCCC2)ccc1O. The maximum atomic E-state index is 13.1. The Morgan fingerprint density at radius 1 is 1.13 bits per heavy atom. The molecule has 4 rings (SSSR count). The van der Waals surface area contributed by atoms with Crippen molar-refractivity contribution in [3.63, 3.8) is 0 Å². The Kier molecular flexibility index (Phi) is 6.54. The van der Waals surface area contributed by atoms with E-state index in [1.54, 1.807) is 6.07 Å². The summed E-state index contributed by atoms with van der Waals surface area (Å²) in [5.74, 6) is 0.895. The van der Waals surface area contributed by atoms with Crippen molar-refractivity contribution >= 4 is 5.91 Å². The van der Waals surface area contributed by atoms with Gasteiger partial charge in [0.15, 0.2) is 11.5 Å². The molecule has 0 radical (unpaired) electrons. The molecule has 2 saturated heterocycles. The number of nitrogens with zero attached hydrogens (tertiary/aromatic N) is 2. The summed E-state index contributed by atoms with van der Waals surface area (Å²) in [5, 5.41) is 21.6. The second-order valence-corrected chi connectivity index (χ2v) is 9.22. The lowest BCUT2D eigenvalue weighted by Gasteiger charge is -2.52. The summed E-state index contributed by atoms with van der Waals surface area (Å²) in [4.78, 5) is 17.3. The van der Waals surface area contributed by atoms with Gasteiger partial charge in [-0.05, 0) is 63.1 Å². The lowest BCUT2D eigenvalue weighted by molar-refractivity contribution is -0.145. The molecule has 0 spiro atoms. The van der Waals surface area contributed by atoms with Gasteiger partial charge in [0.1, 0.15) is 0 Å². The number of aliphatic hydroxyl groups is 1. The van der Waals surface area contributed by atoms with E-state index in [-0.39, 0.29) is 23.6 Å². The van der Waals surface area contributed by atoms with E-state index in [2.05, 4.69) is 4.90 Å². The molecule has 3 atom stereocenters. The molecule has 3 fully saturated rings. The van der Waals surface area contributed by atoms with Gasteiger partial charge >= 0.3 is 0 Å². The quantitative estimate of drug-likeness (QED) is 0.769. The molecule has 3 aliphatic rings. The lowest BCUT2D eigenvalue weighted by atomic mass is 9.66. The fourth-order valence-electron chi connectivity index (χ4n) is 5.77. The van der Waals surface area contributed by atoms with E-state index in [0.29, 0.717) is 25.4 Å². The van der Waals surface area contributed by atoms with Gasteiger partial charge in [-0.3, -0.25) is 9.69 Å². The Labute approximate surface area is 179 Å². The average molecular weight is 417 g/mol. The highest BCUT2D eigenvalue weighted by atomic mass is 16.5. The van der Waals surface area contributed by atoms with Gasteiger partial charge in [-0.1, -0.05) is 18.9 Å². The number of carbonyl (C=O) groups excluding carboxylic acids is 1. The van der Waals surface area contributed by atoms with Gasteiger partial charge in [0, 0.05) is 31.6 Å². The van der Waals surface area contributed by atoms with Gasteiger partial charge in [-0.25, -0.2) is 0 Å². The standard InChI is InChI=1S/C24H36N2O4/c1-2-30-21-16-18(9-10-20(21)27)23-19-8-4-5-11-24(19,29)12-15-26(23)17-22(28)25-13-6-3-7-14-25/h9-10,16,19,23,27,29H,2-8,11-15,17H2,1H3/t19-,23-,24+/m1/s1. The molecular weight excluding hydrogens is 380 g/mol. The maximum absolute atomic E-state index is 13.1. The Morgan fingerprint density at radius 3 is 2.70 bits per heavy atom. The molecule has 1 saturated carbocycles. The van der Waals surface area contributed by atoms with Crippen LogP contribution in [-0.4, -0.2) is 64.3 Å². The number of fused-ring (bicyclic) bond motifs is 1. The van der Waals surface area contributed by atoms with Gasteiger partial charge in [-0.15, -0.1) is 0 Å². The van der Waals surface area contributed by atoms with Crippen molar-refractivity contribution in [2.75, 3.05) is 32.8 Å². The van der Waals surface area contributed by atoms with Crippen LogP contribution in [0.3, 0.4) is 0 Å². The highest BCUT2D eigenvalue weighted by Crippen LogP contribution is 2.50. The number of hydrogen-bond donors (Lipinski definition) is 2. The number of carbonyl (C=O) groups is 1. The lowest BCUT2D eigenvalue weighted by Crippen LogP contribution is -2.56. The summed E-state index contributed by atoms with van der Waals surface area (Å²) in [6.07, 6.45) is 8.07. The van der Waals surface area contributed by atoms with Crippen molar-refractivity contribution in [2.24, 2.45) is 5.92 Å². The fourth-order valence-corrected chi connectivity index (χ4v) is 5.77. The summed E-state index contributed by atoms with van der Waals surface area (Å²) in [7, 11) is 0. The number of amides is 1. The van der Waals surface area contributed by atoms with Crippen LogP contribution in [0.2, 0.25) is 0 Å². The van der Waals surface area contributed by atoms with Crippen molar-refractivity contribution in [1.82, 2.24) is 9.80 Å². The molecule has 166 valence electrons. The monoisotopic (exact) mass is 416 g/mol. The topological polar surface area (TPSA) is 73.2 Å². The molecule has 6 heteroatoms. The Balaban J connectivity index is 1.63. The molecule has 6 nitrogen and oxygen atoms in total. The van der Waals surface area contributed by atoms with Crippen molar-refractivity contribution in [1.29, 1.82) is 0 Å². The van der Waals surface area contributed by atoms with Crippen LogP contribution in [-0.2, 0) is 4.79 Å². The third kappa shape index (κ3) is 4.30. The van der Waals surface area contributed by atoms with Crippen molar-refractivity contribution < 1.29 is 19.7 Å². The Bertz CT molecular complexity index is 749. The third-order valence-electron chi connectivity index (χ3n) is 7.34. The summed E-state index contributed by atoms with van der Waals surface area (Å²) in [6.45, 7) is 5.20. The zero-order valence-corrected chi connectivity index (χ0v) is 18.2. The number of phenolic OH excluding ortho intramolecular Hbond substituents is 1. The van der Waals surface area contributed by atoms with Gasteiger partial charge in [0.2, 0.25) is 5.91 Å². The Hall–Kier alpha value is -1.79. The van der Waals surface area contributed by atoms with Gasteiger partial charge < -0.3 is 19.8 Å². The van der Waals surface area contributed by atoms with E-state index in [1.807, 2.05) is 24.0 Å². The fraction of sp³-hybridized carbons (Fsp3) is 0.708. The highest BCUT2D eigenvalue weighted by molar-refractivity contribution is 5.78. The number of hydrogen-bond acceptors (Lipinski definition) is 5. The molecule has 2 heterocycles. The van der Waals surface area contributed by atoms with Crippen LogP contribution < -0.4 is 4.74 Å². The summed E-state index contributed by atoms with van der Waals surface area (Å²) in [5.41, 5.74) is 0.352. The first-order chi connectivity index (χ1) is 14.5. The maximum Gasteiger partial charge on any atom is 0.236 e. The summed E-state index contributed by atoms with van der Waals surface area (Å²) < 4.78 is 5.63. The second kappa shape index (κ2) is 9.15. The van der Waals surface area contributed by atoms with Crippen LogP contribution in [0, 0.1) is 5.92 Å². The van der Waals surface area contributed by atoms with Crippen LogP contribution in [0.5, 0.6) is 11.5 Å². The first-order valence-corrected chi connectivity index (χ1v) is 11.7. The minimum absolute atomic E-state index is 0.0439. The third-order valence-corrected chi connectivity index (χ3v) is 7.34. The smallest absolute Gasteiger partial charge is 0.236 e. The predicted molar refractivity (Wildman–Crippen MR) is 116 cm³/mol. The minimum atomic E-state index is -0.669. The Morgan fingerprint density at radius 2 is 1.93 bits per heavy atom. The van der Waals surface area contributed by atoms with E-state index in [9.17, 15) is 15.0 Å². The zero-order chi connectivity index (χ0) is 21.1. The summed E-state index contributed by atoms with van der Waals surface area (Å²) >= 11 is 0. The van der Waals surface area contributed by atoms with Crippen LogP contribution in [0.15, 0.2) is 18.2 Å². The van der Waals surface area contributed by atoms with E-state index in [0.717, 1.165) is 63.6 Å². The summed E-state index contributed by atoms with van der Waals surface area (Å²) in [6, 6.07) is 5.47. The van der Waals surface area contributed by atoms with Crippen LogP contribution in [0.4, 0.5) is 0 Å². The zero-order valence-electron chi connectivity index (χ0n) is 18.2. The van der Waals surface area contributed by atoms with Crippen molar-refractivity contribution in [2.45, 2.75) is 69.9 Å². The first-order valence-electron chi connectivity index (χ1n) is 11.7. The number of ether oxygens (including phenoxy) is 1. The molecule has 0 aromatic heterocycles. The molecule has 30 heavy (non-hydrogen) atoms. The van der Waals surface area contributed by atoms with E-state index in [1.165, 1.54) is 6.42 Å². The van der Waals surface area contributed by atoms with Crippen LogP contribution in [0.25, 0.3) is 0 Å². The van der Waals surface area contributed by atoms with Gasteiger partial charge in [-0.2, -0.15) is 0 Å². The van der Waals surface area contributed by atoms with E-state index in [4.69, 9.17) is 4.74 Å². The predicted octanol–water partition coefficient (Wildman–Crippen LogP) is 3.47. The molecule has 1 aromatic rings. The minimum Gasteiger partial charge on any atom is -0.504 e. The first kappa shape index (κ1) is 21.4. The van der Waals surface area contributed by atoms with Gasteiger partial charge in [0.05, 0.1) is 18.8 Å². The largest absolute Gasteiger partial charge is 0.504 e. The van der Waals surface area contributed by atoms with Crippen molar-refractivity contribution in [3.8, 4) is 11.5 Å². The molecule has 1 aromatic carbocycles. The number of piperidine rings is 2. The van der Waals surface area contributed by atoms with Crippen LogP contribution in [0.1, 0.15) is 69.9 Å². The van der Waals surface area contributed by atoms with Gasteiger partial charge in [0.25, 0.3) is 0 Å². The molecule has 2 N–H and O–H groups in total.